The van der Waals surface area contributed by atoms with Crippen molar-refractivity contribution < 1.29 is 9.21 Å². The molecule has 1 aromatic carbocycles. The third-order valence-electron chi connectivity index (χ3n) is 3.06. The molecule has 0 unspecified atom stereocenters. The summed E-state index contributed by atoms with van der Waals surface area (Å²) in [7, 11) is 0. The van der Waals surface area contributed by atoms with Gasteiger partial charge in [-0.3, -0.25) is 4.79 Å². The van der Waals surface area contributed by atoms with E-state index in [1.807, 2.05) is 48.7 Å². The fourth-order valence-electron chi connectivity index (χ4n) is 2.08. The number of nitrogens with one attached hydrogen (secondary N) is 1. The first-order chi connectivity index (χ1) is 10.2. The number of oxazole rings is 1. The second-order valence-corrected chi connectivity index (χ2v) is 5.63. The Morgan fingerprint density at radius 3 is 3.00 bits per heavy atom. The molecule has 1 amide bonds. The van der Waals surface area contributed by atoms with E-state index in [0.29, 0.717) is 18.0 Å². The molecule has 2 heterocycles. The van der Waals surface area contributed by atoms with Crippen molar-refractivity contribution in [1.29, 1.82) is 0 Å². The van der Waals surface area contributed by atoms with Crippen molar-refractivity contribution in [2.75, 3.05) is 0 Å². The average Bonchev–Trinajstić information content (AvgIpc) is 3.14. The monoisotopic (exact) mass is 298 g/mol. The standard InChI is InChI=1S/C16H14N2O2S/c1-11-4-2-5-12(8-11)9-17-16(19)14-15(20-10-18-14)13-6-3-7-21-13/h2-8,10H,9H2,1H3,(H,17,19). The van der Waals surface area contributed by atoms with Gasteiger partial charge in [-0.25, -0.2) is 4.98 Å². The van der Waals surface area contributed by atoms with Gasteiger partial charge in [0.05, 0.1) is 4.88 Å². The minimum Gasteiger partial charge on any atom is -0.442 e. The van der Waals surface area contributed by atoms with Crippen LogP contribution in [0.3, 0.4) is 0 Å². The molecule has 3 rings (SSSR count). The van der Waals surface area contributed by atoms with Gasteiger partial charge in [0.15, 0.2) is 17.8 Å². The van der Waals surface area contributed by atoms with E-state index in [2.05, 4.69) is 10.3 Å². The molecule has 3 aromatic rings. The van der Waals surface area contributed by atoms with Crippen molar-refractivity contribution in [3.63, 3.8) is 0 Å². The van der Waals surface area contributed by atoms with Crippen LogP contribution in [-0.4, -0.2) is 10.9 Å². The lowest BCUT2D eigenvalue weighted by molar-refractivity contribution is 0.0947. The van der Waals surface area contributed by atoms with E-state index in [1.54, 1.807) is 0 Å². The maximum absolute atomic E-state index is 12.3. The minimum absolute atomic E-state index is 0.228. The maximum Gasteiger partial charge on any atom is 0.274 e. The van der Waals surface area contributed by atoms with Gasteiger partial charge < -0.3 is 9.73 Å². The van der Waals surface area contributed by atoms with Crippen molar-refractivity contribution in [3.8, 4) is 10.6 Å². The Hall–Kier alpha value is -2.40. The van der Waals surface area contributed by atoms with Crippen LogP contribution in [0.25, 0.3) is 10.6 Å². The van der Waals surface area contributed by atoms with Crippen LogP contribution >= 0.6 is 11.3 Å². The SMILES string of the molecule is Cc1cccc(CNC(=O)c2ncoc2-c2cccs2)c1. The third kappa shape index (κ3) is 3.03. The molecule has 0 bridgehead atoms. The molecule has 0 radical (unpaired) electrons. The molecule has 0 aliphatic carbocycles. The number of aromatic nitrogens is 1. The van der Waals surface area contributed by atoms with Crippen LogP contribution in [0.4, 0.5) is 0 Å². The normalized spacial score (nSPS) is 10.5. The molecule has 0 saturated heterocycles. The highest BCUT2D eigenvalue weighted by Gasteiger charge is 2.18. The van der Waals surface area contributed by atoms with Crippen LogP contribution in [0.2, 0.25) is 0 Å². The van der Waals surface area contributed by atoms with E-state index in [0.717, 1.165) is 10.4 Å². The lowest BCUT2D eigenvalue weighted by Crippen LogP contribution is -2.23. The molecule has 0 aliphatic rings. The summed E-state index contributed by atoms with van der Waals surface area (Å²) in [4.78, 5) is 17.2. The van der Waals surface area contributed by atoms with Crippen LogP contribution in [0, 0.1) is 6.92 Å². The zero-order valence-corrected chi connectivity index (χ0v) is 12.3. The van der Waals surface area contributed by atoms with E-state index >= 15 is 0 Å². The number of carbonyl (C=O) groups excluding carboxylic acids is 1. The molecular weight excluding hydrogens is 284 g/mol. The summed E-state index contributed by atoms with van der Waals surface area (Å²) in [5, 5.41) is 4.81. The molecule has 106 valence electrons. The molecule has 5 heteroatoms. The van der Waals surface area contributed by atoms with Crippen molar-refractivity contribution in [3.05, 3.63) is 65.0 Å². The number of aryl methyl sites for hydroxylation is 1. The van der Waals surface area contributed by atoms with Crippen molar-refractivity contribution in [1.82, 2.24) is 10.3 Å². The fraction of sp³-hybridized carbons (Fsp3) is 0.125. The van der Waals surface area contributed by atoms with Gasteiger partial charge in [-0.1, -0.05) is 35.9 Å². The minimum atomic E-state index is -0.228. The molecule has 1 N–H and O–H groups in total. The Balaban J connectivity index is 1.73. The summed E-state index contributed by atoms with van der Waals surface area (Å²) in [6, 6.07) is 11.8. The fourth-order valence-corrected chi connectivity index (χ4v) is 2.79. The molecule has 0 spiro atoms. The van der Waals surface area contributed by atoms with E-state index < -0.39 is 0 Å². The molecule has 0 atom stereocenters. The summed E-state index contributed by atoms with van der Waals surface area (Å²) >= 11 is 1.51. The van der Waals surface area contributed by atoms with Crippen LogP contribution in [0.1, 0.15) is 21.6 Å². The summed E-state index contributed by atoms with van der Waals surface area (Å²) in [6.07, 6.45) is 1.30. The quantitative estimate of drug-likeness (QED) is 0.800. The Labute approximate surface area is 126 Å². The molecule has 21 heavy (non-hydrogen) atoms. The average molecular weight is 298 g/mol. The molecule has 0 aliphatic heterocycles. The van der Waals surface area contributed by atoms with Crippen molar-refractivity contribution >= 4 is 17.2 Å². The molecule has 0 fully saturated rings. The Kier molecular flexibility index (Phi) is 3.83. The molecular formula is C16H14N2O2S. The van der Waals surface area contributed by atoms with E-state index in [9.17, 15) is 4.79 Å². The summed E-state index contributed by atoms with van der Waals surface area (Å²) in [6.45, 7) is 2.50. The van der Waals surface area contributed by atoms with E-state index in [1.165, 1.54) is 23.3 Å². The van der Waals surface area contributed by atoms with Gasteiger partial charge in [-0.15, -0.1) is 11.3 Å². The number of amides is 1. The smallest absolute Gasteiger partial charge is 0.274 e. The first kappa shape index (κ1) is 13.6. The summed E-state index contributed by atoms with van der Waals surface area (Å²) in [5.74, 6) is 0.292. The lowest BCUT2D eigenvalue weighted by Gasteiger charge is -2.05. The number of rotatable bonds is 4. The highest BCUT2D eigenvalue weighted by Crippen LogP contribution is 2.27. The number of benzene rings is 1. The Morgan fingerprint density at radius 1 is 1.33 bits per heavy atom. The Morgan fingerprint density at radius 2 is 2.24 bits per heavy atom. The first-order valence-electron chi connectivity index (χ1n) is 6.55. The lowest BCUT2D eigenvalue weighted by atomic mass is 10.1. The zero-order valence-electron chi connectivity index (χ0n) is 11.5. The van der Waals surface area contributed by atoms with Gasteiger partial charge in [-0.2, -0.15) is 0 Å². The predicted molar refractivity (Wildman–Crippen MR) is 82.2 cm³/mol. The van der Waals surface area contributed by atoms with E-state index in [4.69, 9.17) is 4.42 Å². The number of carbonyl (C=O) groups is 1. The van der Waals surface area contributed by atoms with Gasteiger partial charge in [0.25, 0.3) is 5.91 Å². The Bertz CT molecular complexity index is 747. The van der Waals surface area contributed by atoms with Crippen LogP contribution in [0.15, 0.2) is 52.6 Å². The third-order valence-corrected chi connectivity index (χ3v) is 3.93. The number of nitrogens with zero attached hydrogens (tertiary/aromatic N) is 1. The van der Waals surface area contributed by atoms with Crippen LogP contribution in [-0.2, 0) is 6.54 Å². The number of hydrogen-bond donors (Lipinski definition) is 1. The predicted octanol–water partition coefficient (Wildman–Crippen LogP) is 3.64. The number of thiophene rings is 1. The number of hydrogen-bond acceptors (Lipinski definition) is 4. The van der Waals surface area contributed by atoms with Gasteiger partial charge in [0.1, 0.15) is 0 Å². The van der Waals surface area contributed by atoms with Crippen molar-refractivity contribution in [2.45, 2.75) is 13.5 Å². The van der Waals surface area contributed by atoms with Crippen LogP contribution in [0.5, 0.6) is 0 Å². The molecule has 2 aromatic heterocycles. The zero-order chi connectivity index (χ0) is 14.7. The summed E-state index contributed by atoms with van der Waals surface area (Å²) < 4.78 is 5.34. The molecule has 0 saturated carbocycles. The van der Waals surface area contributed by atoms with Gasteiger partial charge >= 0.3 is 0 Å². The van der Waals surface area contributed by atoms with Gasteiger partial charge in [0, 0.05) is 6.54 Å². The van der Waals surface area contributed by atoms with Gasteiger partial charge in [-0.05, 0) is 23.9 Å². The highest BCUT2D eigenvalue weighted by molar-refractivity contribution is 7.13. The van der Waals surface area contributed by atoms with Gasteiger partial charge in [0.2, 0.25) is 0 Å². The summed E-state index contributed by atoms with van der Waals surface area (Å²) in [5.41, 5.74) is 2.55. The first-order valence-corrected chi connectivity index (χ1v) is 7.43. The maximum atomic E-state index is 12.3. The topological polar surface area (TPSA) is 55.1 Å². The van der Waals surface area contributed by atoms with Crippen LogP contribution < -0.4 is 5.32 Å². The molecule has 4 nitrogen and oxygen atoms in total. The largest absolute Gasteiger partial charge is 0.442 e. The van der Waals surface area contributed by atoms with E-state index in [-0.39, 0.29) is 5.91 Å². The van der Waals surface area contributed by atoms with Crippen molar-refractivity contribution in [2.24, 2.45) is 0 Å². The second-order valence-electron chi connectivity index (χ2n) is 4.68. The highest BCUT2D eigenvalue weighted by atomic mass is 32.1. The second kappa shape index (κ2) is 5.93.